The Bertz CT molecular complexity index is 3040. The summed E-state index contributed by atoms with van der Waals surface area (Å²) in [7, 11) is -1.82. The highest BCUT2D eigenvalue weighted by molar-refractivity contribution is 7.75. The van der Waals surface area contributed by atoms with Crippen molar-refractivity contribution in [1.29, 1.82) is 0 Å². The van der Waals surface area contributed by atoms with Crippen molar-refractivity contribution in [3.63, 3.8) is 0 Å². The van der Waals surface area contributed by atoms with Gasteiger partial charge in [-0.25, -0.2) is 0 Å². The Balaban J connectivity index is 0.000000195. The van der Waals surface area contributed by atoms with Crippen molar-refractivity contribution in [2.45, 2.75) is 13.8 Å². The van der Waals surface area contributed by atoms with Crippen LogP contribution in [0.25, 0.3) is 39.0 Å². The third kappa shape index (κ3) is 14.8. The monoisotopic (exact) mass is 943 g/mol. The molecule has 0 aromatic heterocycles. The number of anilines is 1. The van der Waals surface area contributed by atoms with Crippen LogP contribution in [0, 0.1) is 6.92 Å². The molecule has 9 aromatic rings. The molecule has 70 heavy (non-hydrogen) atoms. The van der Waals surface area contributed by atoms with Crippen molar-refractivity contribution >= 4 is 48.5 Å². The van der Waals surface area contributed by atoms with Crippen LogP contribution in [0.1, 0.15) is 18.1 Å². The van der Waals surface area contributed by atoms with Gasteiger partial charge in [0.15, 0.2) is 8.15 Å². The number of hydrogen-bond donors (Lipinski definition) is 1. The Morgan fingerprint density at radius 2 is 0.900 bits per heavy atom. The minimum Gasteiger partial charge on any atom is -0.464 e. The molecule has 0 fully saturated rings. The molecule has 0 aliphatic carbocycles. The zero-order chi connectivity index (χ0) is 48.8. The van der Waals surface area contributed by atoms with E-state index in [4.69, 9.17) is 10.3 Å². The quantitative estimate of drug-likeness (QED) is 0.0670. The second kappa shape index (κ2) is 26.6. The maximum absolute atomic E-state index is 6.97. The smallest absolute Gasteiger partial charge is 0.150 e. The minimum atomic E-state index is -1.05. The highest BCUT2D eigenvalue weighted by atomic mass is 31.1. The van der Waals surface area contributed by atoms with Crippen molar-refractivity contribution < 1.29 is 4.52 Å². The summed E-state index contributed by atoms with van der Waals surface area (Å²) in [6.45, 7) is 12.0. The van der Waals surface area contributed by atoms with Crippen LogP contribution in [0.5, 0.6) is 5.75 Å². The molecule has 1 unspecified atom stereocenters. The van der Waals surface area contributed by atoms with Gasteiger partial charge in [-0.15, -0.1) is 0 Å². The van der Waals surface area contributed by atoms with E-state index in [0.29, 0.717) is 0 Å². The van der Waals surface area contributed by atoms with Crippen LogP contribution in [-0.4, -0.2) is 0 Å². The van der Waals surface area contributed by atoms with E-state index in [1.54, 1.807) is 6.08 Å². The first-order chi connectivity index (χ1) is 34.4. The lowest BCUT2D eigenvalue weighted by atomic mass is 10.0. The molecule has 4 heteroatoms. The number of benzene rings is 9. The highest BCUT2D eigenvalue weighted by Crippen LogP contribution is 2.42. The van der Waals surface area contributed by atoms with E-state index in [9.17, 15) is 0 Å². The molecule has 9 rings (SSSR count). The maximum atomic E-state index is 6.97. The standard InChI is InChI=1S/C37H32OP2.C17H16.C12H11N/c1-3-4-5-15-26-39(34-16-9-6-10-17-34)37-28-32(31-24-22-30(2)23-25-31)27-33(29-37)38-40(35-18-11-7-12-19-35)36-20-13-8-14-21-36;1-3-7-14(2)15-10-12-17(13-11-15)16-8-5-4-6-9-16;13-12-8-6-11(7-9-12)10-4-2-1-3-5-10/h3-29H,1H2,2H3;3-13H,2H2,1H3;1-9H,13H2/b5-4-,26-15-;7-3-;. The van der Waals surface area contributed by atoms with Gasteiger partial charge in [-0.2, -0.15) is 0 Å². The van der Waals surface area contributed by atoms with E-state index in [1.165, 1.54) is 60.2 Å². The Morgan fingerprint density at radius 1 is 0.457 bits per heavy atom. The minimum absolute atomic E-state index is 0.769. The topological polar surface area (TPSA) is 35.2 Å². The first-order valence-corrected chi connectivity index (χ1v) is 26.0. The second-order valence-corrected chi connectivity index (χ2v) is 20.1. The zero-order valence-electron chi connectivity index (χ0n) is 39.9. The first-order valence-electron chi connectivity index (χ1n) is 23.4. The summed E-state index contributed by atoms with van der Waals surface area (Å²) in [6, 6.07) is 84.4. The van der Waals surface area contributed by atoms with Crippen molar-refractivity contribution in [1.82, 2.24) is 0 Å². The van der Waals surface area contributed by atoms with Crippen molar-refractivity contribution in [3.8, 4) is 39.1 Å². The number of aryl methyl sites for hydroxylation is 1. The fourth-order valence-corrected chi connectivity index (χ4v) is 11.1. The van der Waals surface area contributed by atoms with Crippen LogP contribution in [0.4, 0.5) is 5.69 Å². The fraction of sp³-hybridized carbons (Fsp3) is 0.0303. The Kier molecular flexibility index (Phi) is 19.0. The van der Waals surface area contributed by atoms with Gasteiger partial charge in [0.25, 0.3) is 0 Å². The normalized spacial score (nSPS) is 11.4. The Labute approximate surface area is 418 Å². The van der Waals surface area contributed by atoms with Gasteiger partial charge in [0.1, 0.15) is 5.75 Å². The summed E-state index contributed by atoms with van der Waals surface area (Å²) in [4.78, 5) is 0. The Hall–Kier alpha value is -7.86. The van der Waals surface area contributed by atoms with E-state index < -0.39 is 16.1 Å². The highest BCUT2D eigenvalue weighted by Gasteiger charge is 2.20. The molecular weight excluding hydrogens is 885 g/mol. The maximum Gasteiger partial charge on any atom is 0.150 e. The van der Waals surface area contributed by atoms with Crippen LogP contribution in [0.2, 0.25) is 0 Å². The summed E-state index contributed by atoms with van der Waals surface area (Å²) in [5.41, 5.74) is 17.1. The zero-order valence-corrected chi connectivity index (χ0v) is 41.7. The lowest BCUT2D eigenvalue weighted by Gasteiger charge is -2.22. The molecule has 9 aromatic carbocycles. The molecule has 0 aliphatic rings. The molecule has 1 atom stereocenters. The molecule has 2 N–H and O–H groups in total. The van der Waals surface area contributed by atoms with Gasteiger partial charge in [0.2, 0.25) is 0 Å². The van der Waals surface area contributed by atoms with Gasteiger partial charge in [0.05, 0.1) is 0 Å². The number of allylic oxidation sites excluding steroid dienone is 7. The van der Waals surface area contributed by atoms with Crippen LogP contribution >= 0.6 is 16.1 Å². The van der Waals surface area contributed by atoms with Crippen LogP contribution < -0.4 is 31.5 Å². The number of nitrogens with two attached hydrogens (primary N) is 1. The molecule has 0 amide bonds. The molecule has 0 spiro atoms. The average Bonchev–Trinajstić information content (AvgIpc) is 3.42. The molecule has 2 nitrogen and oxygen atoms in total. The molecule has 0 bridgehead atoms. The fourth-order valence-electron chi connectivity index (χ4n) is 7.47. The second-order valence-electron chi connectivity index (χ2n) is 16.3. The van der Waals surface area contributed by atoms with E-state index in [1.807, 2.05) is 79.8 Å². The van der Waals surface area contributed by atoms with Crippen molar-refractivity contribution in [2.75, 3.05) is 5.73 Å². The van der Waals surface area contributed by atoms with Crippen LogP contribution in [0.15, 0.2) is 298 Å². The van der Waals surface area contributed by atoms with Crippen molar-refractivity contribution in [3.05, 3.63) is 309 Å². The van der Waals surface area contributed by atoms with E-state index in [-0.39, 0.29) is 0 Å². The Morgan fingerprint density at radius 3 is 1.40 bits per heavy atom. The van der Waals surface area contributed by atoms with Crippen LogP contribution in [-0.2, 0) is 0 Å². The molecule has 344 valence electrons. The summed E-state index contributed by atoms with van der Waals surface area (Å²) in [5.74, 6) is 3.19. The SMILES string of the molecule is C=C(/C=C\C)c1ccc(-c2ccccc2)cc1.C=C/C=C\C=C/P(c1ccccc1)c1cc(OP(c2ccccc2)c2ccccc2)cc(-c2ccc(C)cc2)c1.Nc1ccc(-c2ccccc2)cc1. The number of nitrogen functional groups attached to an aromatic ring is 1. The summed E-state index contributed by atoms with van der Waals surface area (Å²) in [6.07, 6.45) is 12.0. The summed E-state index contributed by atoms with van der Waals surface area (Å²) >= 11 is 0. The van der Waals surface area contributed by atoms with E-state index >= 15 is 0 Å². The number of hydrogen-bond acceptors (Lipinski definition) is 2. The lowest BCUT2D eigenvalue weighted by molar-refractivity contribution is 0.631. The van der Waals surface area contributed by atoms with Gasteiger partial charge in [-0.05, 0) is 107 Å². The van der Waals surface area contributed by atoms with Gasteiger partial charge < -0.3 is 10.3 Å². The third-order valence-corrected chi connectivity index (χ3v) is 15.2. The van der Waals surface area contributed by atoms with Crippen molar-refractivity contribution in [2.24, 2.45) is 0 Å². The molecule has 0 saturated heterocycles. The molecule has 0 aliphatic heterocycles. The molecule has 0 radical (unpaired) electrons. The van der Waals surface area contributed by atoms with Crippen LogP contribution in [0.3, 0.4) is 0 Å². The predicted octanol–water partition coefficient (Wildman–Crippen LogP) is 16.7. The summed E-state index contributed by atoms with van der Waals surface area (Å²) in [5, 5.41) is 4.91. The summed E-state index contributed by atoms with van der Waals surface area (Å²) < 4.78 is 6.97. The van der Waals surface area contributed by atoms with Gasteiger partial charge in [-0.1, -0.05) is 273 Å². The van der Waals surface area contributed by atoms with E-state index in [0.717, 1.165) is 22.6 Å². The van der Waals surface area contributed by atoms with Gasteiger partial charge in [0, 0.05) is 16.3 Å². The molecular formula is C66H59NOP2. The lowest BCUT2D eigenvalue weighted by Crippen LogP contribution is -2.16. The largest absolute Gasteiger partial charge is 0.464 e. The first kappa shape index (κ1) is 50.0. The number of rotatable bonds is 14. The molecule has 0 heterocycles. The average molecular weight is 944 g/mol. The molecule has 0 saturated carbocycles. The van der Waals surface area contributed by atoms with Gasteiger partial charge >= 0.3 is 0 Å². The van der Waals surface area contributed by atoms with E-state index in [2.05, 4.69) is 226 Å². The van der Waals surface area contributed by atoms with Gasteiger partial charge in [-0.3, -0.25) is 0 Å². The predicted molar refractivity (Wildman–Crippen MR) is 309 cm³/mol. The third-order valence-electron chi connectivity index (χ3n) is 11.1.